The molecule has 2 aromatic heterocycles. The molecule has 2 rings (SSSR count). The van der Waals surface area contributed by atoms with Crippen molar-refractivity contribution in [2.45, 2.75) is 6.92 Å². The molecule has 0 radical (unpaired) electrons. The Morgan fingerprint density at radius 3 is 2.62 bits per heavy atom. The molecular formula is C8H9N5. The summed E-state index contributed by atoms with van der Waals surface area (Å²) in [5, 5.41) is 0.736. The zero-order chi connectivity index (χ0) is 9.42. The second-order valence-electron chi connectivity index (χ2n) is 2.79. The van der Waals surface area contributed by atoms with E-state index in [2.05, 4.69) is 15.0 Å². The number of nitrogens with zero attached hydrogens (tertiary/aromatic N) is 3. The molecule has 0 aliphatic carbocycles. The number of rotatable bonds is 0. The van der Waals surface area contributed by atoms with Gasteiger partial charge < -0.3 is 11.5 Å². The predicted molar refractivity (Wildman–Crippen MR) is 50.9 cm³/mol. The van der Waals surface area contributed by atoms with E-state index >= 15 is 0 Å². The van der Waals surface area contributed by atoms with E-state index in [1.165, 1.54) is 0 Å². The molecule has 5 heteroatoms. The highest BCUT2D eigenvalue weighted by Crippen LogP contribution is 2.16. The third kappa shape index (κ3) is 1.24. The van der Waals surface area contributed by atoms with Crippen LogP contribution in [0.1, 0.15) is 5.69 Å². The van der Waals surface area contributed by atoms with Gasteiger partial charge in [0, 0.05) is 5.69 Å². The first-order chi connectivity index (χ1) is 6.16. The number of nitrogen functional groups attached to an aromatic ring is 2. The van der Waals surface area contributed by atoms with Crippen LogP contribution < -0.4 is 11.5 Å². The number of nitrogens with two attached hydrogens (primary N) is 2. The summed E-state index contributed by atoms with van der Waals surface area (Å²) in [5.74, 6) is 0.526. The minimum Gasteiger partial charge on any atom is -0.383 e. The molecule has 0 amide bonds. The minimum absolute atomic E-state index is 0.156. The highest BCUT2D eigenvalue weighted by Gasteiger charge is 2.03. The summed E-state index contributed by atoms with van der Waals surface area (Å²) in [6.07, 6.45) is 0. The highest BCUT2D eigenvalue weighted by atomic mass is 15.1. The number of hydrogen-bond acceptors (Lipinski definition) is 5. The average Bonchev–Trinajstić information content (AvgIpc) is 2.02. The van der Waals surface area contributed by atoms with Crippen molar-refractivity contribution in [3.8, 4) is 0 Å². The van der Waals surface area contributed by atoms with Crippen LogP contribution in [0.3, 0.4) is 0 Å². The molecular weight excluding hydrogens is 166 g/mol. The normalized spacial score (nSPS) is 10.5. The SMILES string of the molecule is Cc1ccc2c(N)nc(N)nc2n1. The van der Waals surface area contributed by atoms with Gasteiger partial charge in [-0.2, -0.15) is 9.97 Å². The van der Waals surface area contributed by atoms with Crippen LogP contribution in [0.2, 0.25) is 0 Å². The third-order valence-electron chi connectivity index (χ3n) is 1.75. The van der Waals surface area contributed by atoms with Crippen molar-refractivity contribution in [2.24, 2.45) is 0 Å². The summed E-state index contributed by atoms with van der Waals surface area (Å²) in [7, 11) is 0. The Balaban J connectivity index is 2.86. The maximum absolute atomic E-state index is 5.64. The van der Waals surface area contributed by atoms with E-state index in [0.717, 1.165) is 11.1 Å². The molecule has 2 heterocycles. The van der Waals surface area contributed by atoms with Gasteiger partial charge in [0.25, 0.3) is 0 Å². The fraction of sp³-hybridized carbons (Fsp3) is 0.125. The lowest BCUT2D eigenvalue weighted by Crippen LogP contribution is -2.01. The van der Waals surface area contributed by atoms with Crippen LogP contribution in [-0.2, 0) is 0 Å². The Morgan fingerprint density at radius 1 is 1.08 bits per heavy atom. The number of aromatic nitrogens is 3. The molecule has 13 heavy (non-hydrogen) atoms. The van der Waals surface area contributed by atoms with Gasteiger partial charge in [-0.25, -0.2) is 4.98 Å². The predicted octanol–water partition coefficient (Wildman–Crippen LogP) is 0.498. The lowest BCUT2D eigenvalue weighted by atomic mass is 10.3. The summed E-state index contributed by atoms with van der Waals surface area (Å²) in [6.45, 7) is 1.88. The number of aryl methyl sites for hydroxylation is 1. The Labute approximate surface area is 74.8 Å². The van der Waals surface area contributed by atoms with Gasteiger partial charge in [-0.15, -0.1) is 0 Å². The van der Waals surface area contributed by atoms with E-state index in [1.807, 2.05) is 19.1 Å². The van der Waals surface area contributed by atoms with Gasteiger partial charge in [-0.3, -0.25) is 0 Å². The van der Waals surface area contributed by atoms with Gasteiger partial charge in [0.2, 0.25) is 5.95 Å². The van der Waals surface area contributed by atoms with Gasteiger partial charge >= 0.3 is 0 Å². The fourth-order valence-corrected chi connectivity index (χ4v) is 1.15. The van der Waals surface area contributed by atoms with Crippen molar-refractivity contribution in [3.05, 3.63) is 17.8 Å². The van der Waals surface area contributed by atoms with E-state index in [0.29, 0.717) is 11.5 Å². The van der Waals surface area contributed by atoms with Crippen LogP contribution >= 0.6 is 0 Å². The van der Waals surface area contributed by atoms with Crippen LogP contribution in [0.4, 0.5) is 11.8 Å². The van der Waals surface area contributed by atoms with Crippen LogP contribution in [0.5, 0.6) is 0 Å². The molecule has 0 fully saturated rings. The maximum atomic E-state index is 5.64. The molecule has 0 atom stereocenters. The molecule has 0 saturated carbocycles. The molecule has 0 saturated heterocycles. The van der Waals surface area contributed by atoms with Crippen molar-refractivity contribution in [3.63, 3.8) is 0 Å². The van der Waals surface area contributed by atoms with E-state index in [9.17, 15) is 0 Å². The van der Waals surface area contributed by atoms with Crippen LogP contribution in [0.25, 0.3) is 11.0 Å². The quantitative estimate of drug-likeness (QED) is 0.608. The minimum atomic E-state index is 0.156. The molecule has 0 aliphatic rings. The second kappa shape index (κ2) is 2.55. The van der Waals surface area contributed by atoms with Crippen molar-refractivity contribution >= 4 is 22.8 Å². The topological polar surface area (TPSA) is 90.7 Å². The van der Waals surface area contributed by atoms with Crippen molar-refractivity contribution in [1.82, 2.24) is 15.0 Å². The van der Waals surface area contributed by atoms with Crippen LogP contribution in [-0.4, -0.2) is 15.0 Å². The van der Waals surface area contributed by atoms with E-state index in [1.54, 1.807) is 0 Å². The lowest BCUT2D eigenvalue weighted by molar-refractivity contribution is 1.16. The number of hydrogen-bond donors (Lipinski definition) is 2. The monoisotopic (exact) mass is 175 g/mol. The molecule has 66 valence electrons. The van der Waals surface area contributed by atoms with Crippen molar-refractivity contribution in [1.29, 1.82) is 0 Å². The molecule has 0 aliphatic heterocycles. The first-order valence-corrected chi connectivity index (χ1v) is 3.83. The summed E-state index contributed by atoms with van der Waals surface area (Å²) < 4.78 is 0. The average molecular weight is 175 g/mol. The van der Waals surface area contributed by atoms with Crippen LogP contribution in [0, 0.1) is 6.92 Å². The molecule has 0 unspecified atom stereocenters. The third-order valence-corrected chi connectivity index (χ3v) is 1.75. The fourth-order valence-electron chi connectivity index (χ4n) is 1.15. The lowest BCUT2D eigenvalue weighted by Gasteiger charge is -2.01. The smallest absolute Gasteiger partial charge is 0.224 e. The van der Waals surface area contributed by atoms with Crippen molar-refractivity contribution < 1.29 is 0 Å². The van der Waals surface area contributed by atoms with Crippen LogP contribution in [0.15, 0.2) is 12.1 Å². The highest BCUT2D eigenvalue weighted by molar-refractivity contribution is 5.86. The molecule has 2 aromatic rings. The Morgan fingerprint density at radius 2 is 1.85 bits per heavy atom. The summed E-state index contributed by atoms with van der Waals surface area (Å²) in [5.41, 5.74) is 12.5. The summed E-state index contributed by atoms with van der Waals surface area (Å²) in [4.78, 5) is 12.0. The molecule has 4 N–H and O–H groups in total. The number of pyridine rings is 1. The van der Waals surface area contributed by atoms with E-state index < -0.39 is 0 Å². The Hall–Kier alpha value is -1.91. The number of fused-ring (bicyclic) bond motifs is 1. The first kappa shape index (κ1) is 7.72. The second-order valence-corrected chi connectivity index (χ2v) is 2.79. The molecule has 0 bridgehead atoms. The number of anilines is 2. The van der Waals surface area contributed by atoms with Crippen molar-refractivity contribution in [2.75, 3.05) is 11.5 Å². The largest absolute Gasteiger partial charge is 0.383 e. The molecule has 0 aromatic carbocycles. The Kier molecular flexibility index (Phi) is 1.51. The zero-order valence-electron chi connectivity index (χ0n) is 7.15. The van der Waals surface area contributed by atoms with Gasteiger partial charge in [0.1, 0.15) is 5.82 Å². The Bertz CT molecular complexity index is 460. The van der Waals surface area contributed by atoms with Gasteiger partial charge in [0.15, 0.2) is 5.65 Å². The maximum Gasteiger partial charge on any atom is 0.224 e. The van der Waals surface area contributed by atoms with E-state index in [4.69, 9.17) is 11.5 Å². The van der Waals surface area contributed by atoms with Gasteiger partial charge in [0.05, 0.1) is 5.39 Å². The summed E-state index contributed by atoms with van der Waals surface area (Å²) >= 11 is 0. The zero-order valence-corrected chi connectivity index (χ0v) is 7.15. The van der Waals surface area contributed by atoms with Gasteiger partial charge in [-0.1, -0.05) is 0 Å². The van der Waals surface area contributed by atoms with Gasteiger partial charge in [-0.05, 0) is 19.1 Å². The standard InChI is InChI=1S/C8H9N5/c1-4-2-3-5-6(9)12-8(10)13-7(5)11-4/h2-3H,1H3,(H4,9,10,11,12,13). The van der Waals surface area contributed by atoms with E-state index in [-0.39, 0.29) is 5.95 Å². The molecule has 5 nitrogen and oxygen atoms in total. The molecule has 0 spiro atoms. The summed E-state index contributed by atoms with van der Waals surface area (Å²) in [6, 6.07) is 3.70. The first-order valence-electron chi connectivity index (χ1n) is 3.83.